The Kier molecular flexibility index (Phi) is 9.22. The van der Waals surface area contributed by atoms with Crippen molar-refractivity contribution in [1.29, 1.82) is 0 Å². The van der Waals surface area contributed by atoms with Crippen LogP contribution >= 0.6 is 24.8 Å². The Morgan fingerprint density at radius 2 is 1.88 bits per heavy atom. The lowest BCUT2D eigenvalue weighted by molar-refractivity contribution is -0.143. The predicted octanol–water partition coefficient (Wildman–Crippen LogP) is 2.70. The molecule has 2 unspecified atom stereocenters. The molecule has 0 bridgehead atoms. The summed E-state index contributed by atoms with van der Waals surface area (Å²) in [5, 5.41) is 2.77. The summed E-state index contributed by atoms with van der Waals surface area (Å²) in [5.41, 5.74) is 5.64. The Hall–Kier alpha value is -1.02. The van der Waals surface area contributed by atoms with Gasteiger partial charge in [-0.25, -0.2) is 0 Å². The molecule has 1 saturated heterocycles. The van der Waals surface area contributed by atoms with Gasteiger partial charge in [-0.2, -0.15) is 13.2 Å². The molecule has 1 aromatic rings. The van der Waals surface area contributed by atoms with Crippen LogP contribution in [0.25, 0.3) is 0 Å². The average Bonchev–Trinajstić information content (AvgIpc) is 2.91. The molecule has 25 heavy (non-hydrogen) atoms. The first-order valence-electron chi connectivity index (χ1n) is 7.60. The van der Waals surface area contributed by atoms with Crippen LogP contribution in [-0.2, 0) is 10.3 Å². The van der Waals surface area contributed by atoms with E-state index in [-0.39, 0.29) is 36.6 Å². The van der Waals surface area contributed by atoms with Gasteiger partial charge >= 0.3 is 6.18 Å². The van der Waals surface area contributed by atoms with Gasteiger partial charge in [0.25, 0.3) is 0 Å². The maximum absolute atomic E-state index is 12.4. The molecule has 1 aliphatic heterocycles. The summed E-state index contributed by atoms with van der Waals surface area (Å²) in [4.78, 5) is 13.7. The number of alkyl halides is 3. The number of amides is 1. The second-order valence-corrected chi connectivity index (χ2v) is 6.28. The van der Waals surface area contributed by atoms with Crippen LogP contribution in [0.15, 0.2) is 30.3 Å². The average molecular weight is 402 g/mol. The topological polar surface area (TPSA) is 58.4 Å². The zero-order valence-electron chi connectivity index (χ0n) is 13.9. The van der Waals surface area contributed by atoms with E-state index in [0.29, 0.717) is 31.6 Å². The molecule has 1 heterocycles. The monoisotopic (exact) mass is 401 g/mol. The summed E-state index contributed by atoms with van der Waals surface area (Å²) in [5.74, 6) is -0.300. The van der Waals surface area contributed by atoms with Gasteiger partial charge in [-0.05, 0) is 31.4 Å². The molecule has 9 heteroatoms. The third-order valence-electron chi connectivity index (χ3n) is 4.17. The molecule has 0 radical (unpaired) electrons. The maximum Gasteiger partial charge on any atom is 0.401 e. The Bertz CT molecular complexity index is 541. The molecule has 1 fully saturated rings. The van der Waals surface area contributed by atoms with Crippen molar-refractivity contribution >= 4 is 30.7 Å². The second-order valence-electron chi connectivity index (χ2n) is 6.28. The second kappa shape index (κ2) is 9.62. The molecule has 0 aromatic heterocycles. The maximum atomic E-state index is 12.4. The number of carbonyl (C=O) groups excluding carboxylic acids is 1. The van der Waals surface area contributed by atoms with Gasteiger partial charge in [0.05, 0.1) is 6.54 Å². The molecular weight excluding hydrogens is 378 g/mol. The summed E-state index contributed by atoms with van der Waals surface area (Å²) in [6.45, 7) is 1.82. The fraction of sp³-hybridized carbons (Fsp3) is 0.562. The summed E-state index contributed by atoms with van der Waals surface area (Å²) < 4.78 is 37.1. The van der Waals surface area contributed by atoms with Gasteiger partial charge in [0.15, 0.2) is 0 Å². The van der Waals surface area contributed by atoms with E-state index < -0.39 is 18.3 Å². The van der Waals surface area contributed by atoms with E-state index in [4.69, 9.17) is 5.73 Å². The van der Waals surface area contributed by atoms with E-state index >= 15 is 0 Å². The van der Waals surface area contributed by atoms with E-state index in [2.05, 4.69) is 5.32 Å². The van der Waals surface area contributed by atoms with Crippen molar-refractivity contribution in [3.8, 4) is 0 Å². The Balaban J connectivity index is 0.00000288. The molecule has 0 saturated carbocycles. The fourth-order valence-electron chi connectivity index (χ4n) is 2.81. The van der Waals surface area contributed by atoms with Gasteiger partial charge in [-0.1, -0.05) is 30.3 Å². The minimum atomic E-state index is -4.18. The van der Waals surface area contributed by atoms with Crippen molar-refractivity contribution in [1.82, 2.24) is 10.2 Å². The fourth-order valence-corrected chi connectivity index (χ4v) is 2.81. The van der Waals surface area contributed by atoms with Crippen LogP contribution in [0.4, 0.5) is 13.2 Å². The van der Waals surface area contributed by atoms with Gasteiger partial charge in [0, 0.05) is 13.1 Å². The highest BCUT2D eigenvalue weighted by Crippen LogP contribution is 2.23. The number of likely N-dealkylation sites (tertiary alicyclic amines) is 1. The number of hydrogen-bond donors (Lipinski definition) is 2. The highest BCUT2D eigenvalue weighted by atomic mass is 35.5. The molecule has 4 nitrogen and oxygen atoms in total. The quantitative estimate of drug-likeness (QED) is 0.797. The molecule has 144 valence electrons. The van der Waals surface area contributed by atoms with Gasteiger partial charge < -0.3 is 11.1 Å². The summed E-state index contributed by atoms with van der Waals surface area (Å²) in [7, 11) is 0. The van der Waals surface area contributed by atoms with Crippen LogP contribution in [0, 0.1) is 5.92 Å². The first-order chi connectivity index (χ1) is 10.7. The third kappa shape index (κ3) is 7.01. The molecule has 0 aliphatic carbocycles. The first-order valence-corrected chi connectivity index (χ1v) is 7.60. The van der Waals surface area contributed by atoms with Crippen molar-refractivity contribution in [3.05, 3.63) is 35.9 Å². The van der Waals surface area contributed by atoms with E-state index in [1.165, 1.54) is 4.90 Å². The minimum absolute atomic E-state index is 0. The van der Waals surface area contributed by atoms with Gasteiger partial charge in [0.1, 0.15) is 5.54 Å². The van der Waals surface area contributed by atoms with Crippen LogP contribution in [0.1, 0.15) is 18.9 Å². The predicted molar refractivity (Wildman–Crippen MR) is 96.1 cm³/mol. The molecule has 2 atom stereocenters. The molecule has 3 N–H and O–H groups in total. The first kappa shape index (κ1) is 24.0. The number of rotatable bonds is 5. The number of benzene rings is 1. The highest BCUT2D eigenvalue weighted by Gasteiger charge is 2.35. The normalized spacial score (nSPS) is 20.1. The summed E-state index contributed by atoms with van der Waals surface area (Å²) in [6.07, 6.45) is -3.54. The number of nitrogens with zero attached hydrogens (tertiary/aromatic N) is 1. The van der Waals surface area contributed by atoms with E-state index in [0.717, 1.165) is 0 Å². The molecule has 1 aromatic carbocycles. The lowest BCUT2D eigenvalue weighted by Gasteiger charge is -2.25. The zero-order chi connectivity index (χ0) is 17.1. The van der Waals surface area contributed by atoms with Crippen molar-refractivity contribution < 1.29 is 18.0 Å². The summed E-state index contributed by atoms with van der Waals surface area (Å²) >= 11 is 0. The number of halogens is 5. The van der Waals surface area contributed by atoms with Crippen LogP contribution in [0.3, 0.4) is 0 Å². The van der Waals surface area contributed by atoms with Crippen molar-refractivity contribution in [2.24, 2.45) is 11.7 Å². The smallest absolute Gasteiger partial charge is 0.354 e. The number of carbonyl (C=O) groups is 1. The lowest BCUT2D eigenvalue weighted by atomic mass is 9.92. The number of hydrogen-bond acceptors (Lipinski definition) is 3. The highest BCUT2D eigenvalue weighted by molar-refractivity contribution is 5.87. The largest absolute Gasteiger partial charge is 0.401 e. The van der Waals surface area contributed by atoms with E-state index in [1.807, 2.05) is 6.07 Å². The van der Waals surface area contributed by atoms with Gasteiger partial charge in [-0.3, -0.25) is 9.69 Å². The lowest BCUT2D eigenvalue weighted by Crippen LogP contribution is -2.50. The van der Waals surface area contributed by atoms with Crippen molar-refractivity contribution in [2.75, 3.05) is 26.2 Å². The minimum Gasteiger partial charge on any atom is -0.354 e. The van der Waals surface area contributed by atoms with Gasteiger partial charge in [-0.15, -0.1) is 24.8 Å². The standard InChI is InChI=1S/C16H22F3N3O.2ClH/c1-15(20,13-5-3-2-4-6-13)14(23)21-9-12-7-8-22(10-12)11-16(17,18)19;;/h2-6,12H,7-11,20H2,1H3,(H,21,23);2*1H. The van der Waals surface area contributed by atoms with Crippen LogP contribution in [0.5, 0.6) is 0 Å². The SMILES string of the molecule is CC(N)(C(=O)NCC1CCN(CC(F)(F)F)C1)c1ccccc1.Cl.Cl. The number of nitrogens with one attached hydrogen (secondary N) is 1. The summed E-state index contributed by atoms with van der Waals surface area (Å²) in [6, 6.07) is 9.01. The van der Waals surface area contributed by atoms with E-state index in [1.54, 1.807) is 31.2 Å². The van der Waals surface area contributed by atoms with Crippen LogP contribution in [-0.4, -0.2) is 43.2 Å². The molecule has 1 aliphatic rings. The van der Waals surface area contributed by atoms with E-state index in [9.17, 15) is 18.0 Å². The zero-order valence-corrected chi connectivity index (χ0v) is 15.5. The molecule has 2 rings (SSSR count). The number of nitrogens with two attached hydrogens (primary N) is 1. The molecular formula is C16H24Cl2F3N3O. The van der Waals surface area contributed by atoms with Crippen molar-refractivity contribution in [2.45, 2.75) is 25.1 Å². The third-order valence-corrected chi connectivity index (χ3v) is 4.17. The van der Waals surface area contributed by atoms with Crippen molar-refractivity contribution in [3.63, 3.8) is 0 Å². The molecule has 1 amide bonds. The van der Waals surface area contributed by atoms with Crippen LogP contribution in [0.2, 0.25) is 0 Å². The van der Waals surface area contributed by atoms with Gasteiger partial charge in [0.2, 0.25) is 5.91 Å². The van der Waals surface area contributed by atoms with Crippen LogP contribution < -0.4 is 11.1 Å². The Morgan fingerprint density at radius 1 is 1.28 bits per heavy atom. The Morgan fingerprint density at radius 3 is 2.44 bits per heavy atom. The Labute approximate surface area is 158 Å². The molecule has 0 spiro atoms.